The summed E-state index contributed by atoms with van der Waals surface area (Å²) in [6.45, 7) is 6.22. The Morgan fingerprint density at radius 1 is 0.465 bits per heavy atom. The maximum atomic E-state index is 12.9. The lowest BCUT2D eigenvalue weighted by molar-refractivity contribution is -0.134. The van der Waals surface area contributed by atoms with Gasteiger partial charge in [-0.15, -0.1) is 0 Å². The lowest BCUT2D eigenvalue weighted by Gasteiger charge is -2.16. The first-order valence-electron chi connectivity index (χ1n) is 19.1. The van der Waals surface area contributed by atoms with E-state index in [-0.39, 0.29) is 18.0 Å². The fourth-order valence-electron chi connectivity index (χ4n) is 5.87. The van der Waals surface area contributed by atoms with E-state index in [1.807, 2.05) is 0 Å². The number of aliphatic hydroxyl groups excluding tert-OH is 1. The van der Waals surface area contributed by atoms with Crippen molar-refractivity contribution in [3.05, 3.63) is 24.3 Å². The standard InChI is InChI=1S/C40H74O3/c1-4-6-8-10-12-14-16-18-20-22-24-26-28-30-32-34-39(42)38(36-37(3)41)40(43)35-33-31-29-27-25-23-21-19-17-15-13-11-9-7-5-2/h18-21,37-38,41H,4-17,22-36H2,1-3H3/b20-18-,21-19-. The molecule has 0 amide bonds. The molecular weight excluding hydrogens is 528 g/mol. The smallest absolute Gasteiger partial charge is 0.143 e. The molecule has 252 valence electrons. The minimum absolute atomic E-state index is 0.0521. The molecular formula is C40H74O3. The van der Waals surface area contributed by atoms with Gasteiger partial charge in [-0.05, 0) is 77.6 Å². The van der Waals surface area contributed by atoms with E-state index in [2.05, 4.69) is 38.2 Å². The summed E-state index contributed by atoms with van der Waals surface area (Å²) in [5.41, 5.74) is 0. The van der Waals surface area contributed by atoms with Crippen LogP contribution in [0.15, 0.2) is 24.3 Å². The van der Waals surface area contributed by atoms with E-state index in [0.717, 1.165) is 51.4 Å². The summed E-state index contributed by atoms with van der Waals surface area (Å²) in [6.07, 6.45) is 42.1. The van der Waals surface area contributed by atoms with E-state index in [9.17, 15) is 14.7 Å². The Hall–Kier alpha value is -1.22. The average Bonchev–Trinajstić information content (AvgIpc) is 2.99. The molecule has 0 aliphatic carbocycles. The van der Waals surface area contributed by atoms with Crippen molar-refractivity contribution in [1.29, 1.82) is 0 Å². The fraction of sp³-hybridized carbons (Fsp3) is 0.850. The van der Waals surface area contributed by atoms with Gasteiger partial charge in [-0.2, -0.15) is 0 Å². The molecule has 0 aliphatic heterocycles. The second kappa shape index (κ2) is 33.7. The maximum Gasteiger partial charge on any atom is 0.143 e. The molecule has 0 radical (unpaired) electrons. The van der Waals surface area contributed by atoms with Crippen LogP contribution < -0.4 is 0 Å². The molecule has 0 aromatic heterocycles. The van der Waals surface area contributed by atoms with Gasteiger partial charge in [0.2, 0.25) is 0 Å². The van der Waals surface area contributed by atoms with Gasteiger partial charge in [-0.1, -0.05) is 141 Å². The highest BCUT2D eigenvalue weighted by atomic mass is 16.3. The Labute approximate surface area is 269 Å². The van der Waals surface area contributed by atoms with Gasteiger partial charge in [0.05, 0.1) is 12.0 Å². The van der Waals surface area contributed by atoms with Crippen LogP contribution in [0.25, 0.3) is 0 Å². The summed E-state index contributed by atoms with van der Waals surface area (Å²) in [5, 5.41) is 9.91. The highest BCUT2D eigenvalue weighted by molar-refractivity contribution is 6.02. The number of unbranched alkanes of at least 4 members (excludes halogenated alkanes) is 22. The number of allylic oxidation sites excluding steroid dienone is 4. The van der Waals surface area contributed by atoms with Crippen molar-refractivity contribution in [2.75, 3.05) is 0 Å². The zero-order chi connectivity index (χ0) is 31.6. The molecule has 0 aromatic carbocycles. The van der Waals surface area contributed by atoms with Crippen LogP contribution in [0.1, 0.15) is 207 Å². The SMILES string of the molecule is CCCCCCCC/C=C\CCCCCCCC(=O)C(CC(C)O)C(=O)CCCCCCC/C=C\CCCCCCCC. The van der Waals surface area contributed by atoms with Crippen LogP contribution in [0.3, 0.4) is 0 Å². The molecule has 0 rings (SSSR count). The van der Waals surface area contributed by atoms with Crippen molar-refractivity contribution in [3.8, 4) is 0 Å². The van der Waals surface area contributed by atoms with Crippen LogP contribution in [0, 0.1) is 5.92 Å². The van der Waals surface area contributed by atoms with Gasteiger partial charge in [0.15, 0.2) is 0 Å². The molecule has 0 heterocycles. The molecule has 0 spiro atoms. The van der Waals surface area contributed by atoms with Crippen LogP contribution in [0.2, 0.25) is 0 Å². The zero-order valence-corrected chi connectivity index (χ0v) is 29.2. The van der Waals surface area contributed by atoms with Crippen LogP contribution in [0.5, 0.6) is 0 Å². The predicted molar refractivity (Wildman–Crippen MR) is 189 cm³/mol. The van der Waals surface area contributed by atoms with E-state index in [0.29, 0.717) is 12.8 Å². The number of carbonyl (C=O) groups excluding carboxylic acids is 2. The number of carbonyl (C=O) groups is 2. The number of rotatable bonds is 34. The van der Waals surface area contributed by atoms with Crippen LogP contribution in [-0.2, 0) is 9.59 Å². The summed E-state index contributed by atoms with van der Waals surface area (Å²) >= 11 is 0. The highest BCUT2D eigenvalue weighted by Crippen LogP contribution is 2.19. The first-order chi connectivity index (χ1) is 21.0. The molecule has 0 fully saturated rings. The molecule has 3 nitrogen and oxygen atoms in total. The summed E-state index contributed by atoms with van der Waals surface area (Å²) < 4.78 is 0. The van der Waals surface area contributed by atoms with E-state index in [4.69, 9.17) is 0 Å². The van der Waals surface area contributed by atoms with Gasteiger partial charge in [0.25, 0.3) is 0 Å². The summed E-state index contributed by atoms with van der Waals surface area (Å²) in [7, 11) is 0. The topological polar surface area (TPSA) is 54.4 Å². The van der Waals surface area contributed by atoms with Gasteiger partial charge in [0.1, 0.15) is 11.6 Å². The third-order valence-electron chi connectivity index (χ3n) is 8.72. The maximum absolute atomic E-state index is 12.9. The first-order valence-corrected chi connectivity index (χ1v) is 19.1. The van der Waals surface area contributed by atoms with Crippen molar-refractivity contribution in [1.82, 2.24) is 0 Å². The van der Waals surface area contributed by atoms with Gasteiger partial charge < -0.3 is 5.11 Å². The number of hydrogen-bond donors (Lipinski definition) is 1. The highest BCUT2D eigenvalue weighted by Gasteiger charge is 2.26. The Bertz CT molecular complexity index is 611. The molecule has 43 heavy (non-hydrogen) atoms. The second-order valence-corrected chi connectivity index (χ2v) is 13.2. The van der Waals surface area contributed by atoms with E-state index >= 15 is 0 Å². The monoisotopic (exact) mass is 603 g/mol. The molecule has 0 saturated carbocycles. The van der Waals surface area contributed by atoms with E-state index in [1.54, 1.807) is 6.92 Å². The zero-order valence-electron chi connectivity index (χ0n) is 29.2. The Morgan fingerprint density at radius 3 is 1.05 bits per heavy atom. The Morgan fingerprint density at radius 2 is 0.744 bits per heavy atom. The molecule has 0 saturated heterocycles. The third kappa shape index (κ3) is 30.6. The summed E-state index contributed by atoms with van der Waals surface area (Å²) in [5.74, 6) is -0.499. The van der Waals surface area contributed by atoms with E-state index in [1.165, 1.54) is 116 Å². The molecule has 0 aromatic rings. The van der Waals surface area contributed by atoms with Crippen molar-refractivity contribution < 1.29 is 14.7 Å². The van der Waals surface area contributed by atoms with Crippen molar-refractivity contribution in [2.24, 2.45) is 5.92 Å². The lowest BCUT2D eigenvalue weighted by Crippen LogP contribution is -2.27. The van der Waals surface area contributed by atoms with Crippen LogP contribution >= 0.6 is 0 Å². The van der Waals surface area contributed by atoms with Gasteiger partial charge in [-0.25, -0.2) is 0 Å². The predicted octanol–water partition coefficient (Wildman–Crippen LogP) is 12.6. The number of hydrogen-bond acceptors (Lipinski definition) is 3. The van der Waals surface area contributed by atoms with Crippen molar-refractivity contribution >= 4 is 11.6 Å². The molecule has 1 N–H and O–H groups in total. The molecule has 0 aliphatic rings. The largest absolute Gasteiger partial charge is 0.393 e. The third-order valence-corrected chi connectivity index (χ3v) is 8.72. The molecule has 3 heteroatoms. The van der Waals surface area contributed by atoms with Crippen LogP contribution in [0.4, 0.5) is 0 Å². The molecule has 0 bridgehead atoms. The first kappa shape index (κ1) is 41.8. The normalized spacial score (nSPS) is 12.7. The lowest BCUT2D eigenvalue weighted by atomic mass is 9.87. The summed E-state index contributed by atoms with van der Waals surface area (Å²) in [4.78, 5) is 25.7. The molecule has 1 unspecified atom stereocenters. The Balaban J connectivity index is 3.85. The van der Waals surface area contributed by atoms with Crippen molar-refractivity contribution in [2.45, 2.75) is 213 Å². The number of ketones is 2. The minimum Gasteiger partial charge on any atom is -0.393 e. The fourth-order valence-corrected chi connectivity index (χ4v) is 5.87. The van der Waals surface area contributed by atoms with Crippen LogP contribution in [-0.4, -0.2) is 22.8 Å². The average molecular weight is 603 g/mol. The number of Topliss-reactive ketones (excluding diaryl/α,β-unsaturated/α-hetero) is 2. The Kier molecular flexibility index (Phi) is 32.7. The van der Waals surface area contributed by atoms with Gasteiger partial charge in [-0.3, -0.25) is 9.59 Å². The quantitative estimate of drug-likeness (QED) is 0.0453. The summed E-state index contributed by atoms with van der Waals surface area (Å²) in [6, 6.07) is 0. The van der Waals surface area contributed by atoms with E-state index < -0.39 is 12.0 Å². The van der Waals surface area contributed by atoms with Crippen molar-refractivity contribution in [3.63, 3.8) is 0 Å². The van der Waals surface area contributed by atoms with Gasteiger partial charge >= 0.3 is 0 Å². The van der Waals surface area contributed by atoms with Gasteiger partial charge in [0, 0.05) is 12.8 Å². The second-order valence-electron chi connectivity index (χ2n) is 13.2. The molecule has 1 atom stereocenters. The number of aliphatic hydroxyl groups is 1. The minimum atomic E-state index is -0.610.